The number of rotatable bonds is 13. The first kappa shape index (κ1) is 26.3. The minimum absolute atomic E-state index is 0.00530. The highest BCUT2D eigenvalue weighted by Gasteiger charge is 2.44. The van der Waals surface area contributed by atoms with Crippen LogP contribution in [0.1, 0.15) is 55.8 Å². The zero-order valence-electron chi connectivity index (χ0n) is 21.2. The molecule has 0 radical (unpaired) electrons. The SMILES string of the molecule is CCOc1cc(C2C(C(=O)c3ccco3)=C(O)C(=O)N2CCCN(C)C)ccc1OCCC(C)C. The summed E-state index contributed by atoms with van der Waals surface area (Å²) >= 11 is 0. The smallest absolute Gasteiger partial charge is 0.290 e. The lowest BCUT2D eigenvalue weighted by atomic mass is 9.94. The summed E-state index contributed by atoms with van der Waals surface area (Å²) in [7, 11) is 3.91. The second-order valence-electron chi connectivity index (χ2n) is 9.30. The van der Waals surface area contributed by atoms with Gasteiger partial charge in [-0.15, -0.1) is 0 Å². The predicted molar refractivity (Wildman–Crippen MR) is 133 cm³/mol. The molecule has 8 heteroatoms. The first-order chi connectivity index (χ1) is 16.7. The highest BCUT2D eigenvalue weighted by atomic mass is 16.5. The van der Waals surface area contributed by atoms with Crippen LogP contribution >= 0.6 is 0 Å². The van der Waals surface area contributed by atoms with Crippen LogP contribution in [0, 0.1) is 5.92 Å². The van der Waals surface area contributed by atoms with Gasteiger partial charge in [0.1, 0.15) is 0 Å². The molecule has 0 fully saturated rings. The van der Waals surface area contributed by atoms with Gasteiger partial charge < -0.3 is 28.8 Å². The fourth-order valence-corrected chi connectivity index (χ4v) is 4.05. The van der Waals surface area contributed by atoms with Crippen molar-refractivity contribution >= 4 is 11.7 Å². The van der Waals surface area contributed by atoms with E-state index in [1.165, 1.54) is 12.3 Å². The monoisotopic (exact) mass is 484 g/mol. The molecule has 35 heavy (non-hydrogen) atoms. The first-order valence-electron chi connectivity index (χ1n) is 12.1. The van der Waals surface area contributed by atoms with E-state index in [2.05, 4.69) is 13.8 Å². The summed E-state index contributed by atoms with van der Waals surface area (Å²) in [6, 6.07) is 7.76. The van der Waals surface area contributed by atoms with E-state index in [0.717, 1.165) is 13.0 Å². The number of ketones is 1. The molecule has 0 spiro atoms. The molecule has 0 aliphatic carbocycles. The van der Waals surface area contributed by atoms with Crippen molar-refractivity contribution in [3.63, 3.8) is 0 Å². The highest BCUT2D eigenvalue weighted by molar-refractivity contribution is 6.15. The van der Waals surface area contributed by atoms with Gasteiger partial charge >= 0.3 is 0 Å². The molecule has 1 aromatic heterocycles. The molecule has 1 aliphatic heterocycles. The lowest BCUT2D eigenvalue weighted by molar-refractivity contribution is -0.129. The van der Waals surface area contributed by atoms with Crippen LogP contribution in [-0.4, -0.2) is 67.0 Å². The Morgan fingerprint density at radius 3 is 2.60 bits per heavy atom. The summed E-state index contributed by atoms with van der Waals surface area (Å²) in [5.74, 6) is 0.0792. The number of hydrogen-bond acceptors (Lipinski definition) is 7. The molecular weight excluding hydrogens is 448 g/mol. The number of nitrogens with zero attached hydrogens (tertiary/aromatic N) is 2. The van der Waals surface area contributed by atoms with Crippen LogP contribution < -0.4 is 9.47 Å². The van der Waals surface area contributed by atoms with Crippen LogP contribution in [0.2, 0.25) is 0 Å². The molecule has 1 N–H and O–H groups in total. The van der Waals surface area contributed by atoms with Crippen molar-refractivity contribution in [2.75, 3.05) is 40.4 Å². The number of carbonyl (C=O) groups is 2. The summed E-state index contributed by atoms with van der Waals surface area (Å²) in [6.45, 7) is 8.26. The Balaban J connectivity index is 2.00. The Bertz CT molecular complexity index is 1040. The molecule has 1 atom stereocenters. The second kappa shape index (κ2) is 11.9. The molecule has 0 saturated heterocycles. The summed E-state index contributed by atoms with van der Waals surface area (Å²) in [5, 5.41) is 10.8. The van der Waals surface area contributed by atoms with Crippen molar-refractivity contribution in [2.45, 2.75) is 39.7 Å². The fraction of sp³-hybridized carbons (Fsp3) is 0.481. The average molecular weight is 485 g/mol. The van der Waals surface area contributed by atoms with E-state index in [1.807, 2.05) is 32.0 Å². The quantitative estimate of drug-likeness (QED) is 0.414. The molecular formula is C27H36N2O6. The predicted octanol–water partition coefficient (Wildman–Crippen LogP) is 4.63. The van der Waals surface area contributed by atoms with Crippen molar-refractivity contribution in [2.24, 2.45) is 5.92 Å². The third-order valence-electron chi connectivity index (χ3n) is 5.83. The van der Waals surface area contributed by atoms with Crippen LogP contribution in [0.3, 0.4) is 0 Å². The normalized spacial score (nSPS) is 16.0. The van der Waals surface area contributed by atoms with Crippen molar-refractivity contribution < 1.29 is 28.6 Å². The maximum absolute atomic E-state index is 13.3. The van der Waals surface area contributed by atoms with E-state index in [1.54, 1.807) is 23.1 Å². The Labute approximate surface area is 207 Å². The zero-order valence-corrected chi connectivity index (χ0v) is 21.2. The van der Waals surface area contributed by atoms with Gasteiger partial charge in [0.15, 0.2) is 23.0 Å². The van der Waals surface area contributed by atoms with Crippen molar-refractivity contribution in [1.29, 1.82) is 0 Å². The van der Waals surface area contributed by atoms with Gasteiger partial charge in [-0.05, 0) is 76.2 Å². The molecule has 3 rings (SSSR count). The summed E-state index contributed by atoms with van der Waals surface area (Å²) in [6.07, 6.45) is 2.98. The van der Waals surface area contributed by atoms with Gasteiger partial charge in [-0.25, -0.2) is 0 Å². The first-order valence-corrected chi connectivity index (χ1v) is 12.1. The number of aliphatic hydroxyl groups excluding tert-OH is 1. The molecule has 8 nitrogen and oxygen atoms in total. The lowest BCUT2D eigenvalue weighted by Crippen LogP contribution is -2.33. The van der Waals surface area contributed by atoms with Gasteiger partial charge in [-0.2, -0.15) is 0 Å². The lowest BCUT2D eigenvalue weighted by Gasteiger charge is -2.28. The number of aliphatic hydroxyl groups is 1. The maximum Gasteiger partial charge on any atom is 0.290 e. The van der Waals surface area contributed by atoms with E-state index >= 15 is 0 Å². The molecule has 1 amide bonds. The van der Waals surface area contributed by atoms with Gasteiger partial charge in [0.2, 0.25) is 5.78 Å². The molecule has 1 unspecified atom stereocenters. The Kier molecular flexibility index (Phi) is 8.98. The maximum atomic E-state index is 13.3. The average Bonchev–Trinajstić information content (AvgIpc) is 3.43. The third kappa shape index (κ3) is 6.25. The van der Waals surface area contributed by atoms with Gasteiger partial charge in [0.05, 0.1) is 31.1 Å². The molecule has 1 aliphatic rings. The van der Waals surface area contributed by atoms with E-state index in [4.69, 9.17) is 13.9 Å². The molecule has 2 heterocycles. The van der Waals surface area contributed by atoms with Gasteiger partial charge in [0.25, 0.3) is 5.91 Å². The summed E-state index contributed by atoms with van der Waals surface area (Å²) < 4.78 is 17.1. The largest absolute Gasteiger partial charge is 0.503 e. The minimum atomic E-state index is -0.772. The van der Waals surface area contributed by atoms with Crippen molar-refractivity contribution in [3.8, 4) is 11.5 Å². The van der Waals surface area contributed by atoms with Gasteiger partial charge in [-0.1, -0.05) is 19.9 Å². The van der Waals surface area contributed by atoms with E-state index < -0.39 is 23.5 Å². The summed E-state index contributed by atoms with van der Waals surface area (Å²) in [5.41, 5.74) is 0.660. The zero-order chi connectivity index (χ0) is 25.5. The standard InChI is InChI=1S/C27H36N2O6/c1-6-33-22-17-19(10-11-20(22)35-16-12-18(2)3)24-23(25(30)21-9-7-15-34-21)26(31)27(32)29(24)14-8-13-28(4)5/h7,9-11,15,17-18,24,31H,6,8,12-14,16H2,1-5H3. The molecule has 190 valence electrons. The second-order valence-corrected chi connectivity index (χ2v) is 9.30. The highest BCUT2D eigenvalue weighted by Crippen LogP contribution is 2.42. The Morgan fingerprint density at radius 1 is 1.20 bits per heavy atom. The molecule has 0 saturated carbocycles. The summed E-state index contributed by atoms with van der Waals surface area (Å²) in [4.78, 5) is 30.0. The van der Waals surface area contributed by atoms with Crippen LogP contribution in [0.5, 0.6) is 11.5 Å². The molecule has 0 bridgehead atoms. The van der Waals surface area contributed by atoms with Crippen LogP contribution in [0.4, 0.5) is 0 Å². The van der Waals surface area contributed by atoms with Crippen LogP contribution in [0.25, 0.3) is 0 Å². The number of ether oxygens (including phenoxy) is 2. The number of hydrogen-bond donors (Lipinski definition) is 1. The number of Topliss-reactive ketones (excluding diaryl/α,β-unsaturated/α-hetero) is 1. The topological polar surface area (TPSA) is 92.5 Å². The Morgan fingerprint density at radius 2 is 1.97 bits per heavy atom. The van der Waals surface area contributed by atoms with E-state index in [9.17, 15) is 14.7 Å². The Hall–Kier alpha value is -3.26. The molecule has 2 aromatic rings. The van der Waals surface area contributed by atoms with Crippen LogP contribution in [-0.2, 0) is 4.79 Å². The van der Waals surface area contributed by atoms with Crippen molar-refractivity contribution in [3.05, 3.63) is 59.3 Å². The van der Waals surface area contributed by atoms with Crippen molar-refractivity contribution in [1.82, 2.24) is 9.80 Å². The number of benzene rings is 1. The van der Waals surface area contributed by atoms with E-state index in [-0.39, 0.29) is 11.3 Å². The van der Waals surface area contributed by atoms with Crippen LogP contribution in [0.15, 0.2) is 52.3 Å². The number of furan rings is 1. The molecule has 1 aromatic carbocycles. The fourth-order valence-electron chi connectivity index (χ4n) is 4.05. The number of carbonyl (C=O) groups excluding carboxylic acids is 2. The third-order valence-corrected chi connectivity index (χ3v) is 5.83. The van der Waals surface area contributed by atoms with Gasteiger partial charge in [0, 0.05) is 6.54 Å². The minimum Gasteiger partial charge on any atom is -0.503 e. The van der Waals surface area contributed by atoms with E-state index in [0.29, 0.717) is 49.2 Å². The van der Waals surface area contributed by atoms with Gasteiger partial charge in [-0.3, -0.25) is 9.59 Å². The number of amides is 1.